The van der Waals surface area contributed by atoms with Gasteiger partial charge in [0.2, 0.25) is 5.91 Å². The van der Waals surface area contributed by atoms with Gasteiger partial charge in [-0.1, -0.05) is 30.7 Å². The smallest absolute Gasteiger partial charge is 0.223 e. The molecule has 1 amide bonds. The minimum Gasteiger partial charge on any atom is -0.493 e. The van der Waals surface area contributed by atoms with Gasteiger partial charge in [0.25, 0.3) is 0 Å². The third kappa shape index (κ3) is 3.31. The van der Waals surface area contributed by atoms with Crippen molar-refractivity contribution in [2.45, 2.75) is 25.8 Å². The Hall–Kier alpha value is -2.20. The van der Waals surface area contributed by atoms with Crippen LogP contribution in [0.5, 0.6) is 11.5 Å². The maximum absolute atomic E-state index is 12.6. The highest BCUT2D eigenvalue weighted by molar-refractivity contribution is 6.30. The lowest BCUT2D eigenvalue weighted by molar-refractivity contribution is -0.132. The van der Waals surface area contributed by atoms with Crippen LogP contribution >= 0.6 is 11.6 Å². The van der Waals surface area contributed by atoms with Crippen molar-refractivity contribution in [1.29, 1.82) is 0 Å². The number of carbonyl (C=O) groups is 1. The van der Waals surface area contributed by atoms with E-state index in [-0.39, 0.29) is 11.9 Å². The fourth-order valence-corrected chi connectivity index (χ4v) is 3.65. The monoisotopic (exact) mass is 359 g/mol. The molecule has 25 heavy (non-hydrogen) atoms. The first-order valence-corrected chi connectivity index (χ1v) is 8.76. The Morgan fingerprint density at radius 2 is 1.92 bits per heavy atom. The first-order chi connectivity index (χ1) is 12.1. The molecule has 0 bridgehead atoms. The molecule has 0 saturated heterocycles. The van der Waals surface area contributed by atoms with Gasteiger partial charge in [0.15, 0.2) is 11.5 Å². The second kappa shape index (κ2) is 7.36. The second-order valence-electron chi connectivity index (χ2n) is 6.05. The van der Waals surface area contributed by atoms with E-state index in [4.69, 9.17) is 21.1 Å². The molecule has 2 aromatic rings. The summed E-state index contributed by atoms with van der Waals surface area (Å²) >= 11 is 6.21. The highest BCUT2D eigenvalue weighted by Crippen LogP contribution is 2.41. The Bertz CT molecular complexity index is 791. The fraction of sp³-hybridized carbons (Fsp3) is 0.350. The maximum Gasteiger partial charge on any atom is 0.223 e. The zero-order valence-electron chi connectivity index (χ0n) is 14.7. The quantitative estimate of drug-likeness (QED) is 0.819. The minimum absolute atomic E-state index is 0.130. The zero-order chi connectivity index (χ0) is 18.0. The molecule has 0 saturated carbocycles. The van der Waals surface area contributed by atoms with Crippen molar-refractivity contribution >= 4 is 17.5 Å². The van der Waals surface area contributed by atoms with E-state index in [9.17, 15) is 4.79 Å². The molecule has 4 nitrogen and oxygen atoms in total. The van der Waals surface area contributed by atoms with Crippen LogP contribution in [0.4, 0.5) is 0 Å². The number of nitrogens with zero attached hydrogens (tertiary/aromatic N) is 1. The third-order valence-corrected chi connectivity index (χ3v) is 4.90. The molecule has 1 atom stereocenters. The number of carbonyl (C=O) groups excluding carboxylic acids is 1. The van der Waals surface area contributed by atoms with E-state index in [2.05, 4.69) is 0 Å². The molecule has 0 unspecified atom stereocenters. The Morgan fingerprint density at radius 3 is 2.56 bits per heavy atom. The van der Waals surface area contributed by atoms with Gasteiger partial charge in [-0.25, -0.2) is 0 Å². The van der Waals surface area contributed by atoms with E-state index in [0.29, 0.717) is 29.5 Å². The van der Waals surface area contributed by atoms with Gasteiger partial charge in [0.05, 0.1) is 20.3 Å². The Morgan fingerprint density at radius 1 is 1.20 bits per heavy atom. The zero-order valence-corrected chi connectivity index (χ0v) is 15.5. The van der Waals surface area contributed by atoms with E-state index in [1.165, 1.54) is 5.56 Å². The van der Waals surface area contributed by atoms with Crippen molar-refractivity contribution < 1.29 is 14.3 Å². The fourth-order valence-electron chi connectivity index (χ4n) is 3.45. The average Bonchev–Trinajstić information content (AvgIpc) is 2.65. The highest BCUT2D eigenvalue weighted by Gasteiger charge is 2.32. The van der Waals surface area contributed by atoms with Gasteiger partial charge in [-0.15, -0.1) is 0 Å². The van der Waals surface area contributed by atoms with E-state index >= 15 is 0 Å². The minimum atomic E-state index is -0.172. The van der Waals surface area contributed by atoms with Crippen molar-refractivity contribution in [3.63, 3.8) is 0 Å². The number of rotatable bonds is 4. The first-order valence-electron chi connectivity index (χ1n) is 8.38. The lowest BCUT2D eigenvalue weighted by atomic mass is 9.87. The predicted octanol–water partition coefficient (Wildman–Crippen LogP) is 4.24. The van der Waals surface area contributed by atoms with Crippen LogP contribution in [0, 0.1) is 0 Å². The number of hydrogen-bond acceptors (Lipinski definition) is 3. The topological polar surface area (TPSA) is 38.8 Å². The summed E-state index contributed by atoms with van der Waals surface area (Å²) < 4.78 is 10.9. The van der Waals surface area contributed by atoms with Gasteiger partial charge in [-0.2, -0.15) is 0 Å². The molecule has 0 fully saturated rings. The number of amides is 1. The third-order valence-electron chi connectivity index (χ3n) is 4.66. The summed E-state index contributed by atoms with van der Waals surface area (Å²) in [5.41, 5.74) is 3.23. The van der Waals surface area contributed by atoms with Crippen molar-refractivity contribution in [3.8, 4) is 11.5 Å². The summed E-state index contributed by atoms with van der Waals surface area (Å²) in [4.78, 5) is 14.5. The van der Waals surface area contributed by atoms with E-state index in [0.717, 1.165) is 17.5 Å². The molecule has 1 aliphatic rings. The van der Waals surface area contributed by atoms with Crippen LogP contribution in [0.15, 0.2) is 36.4 Å². The van der Waals surface area contributed by atoms with Gasteiger partial charge >= 0.3 is 0 Å². The second-order valence-corrected chi connectivity index (χ2v) is 6.49. The Kier molecular flexibility index (Phi) is 5.19. The van der Waals surface area contributed by atoms with Crippen LogP contribution < -0.4 is 9.47 Å². The summed E-state index contributed by atoms with van der Waals surface area (Å²) in [6.45, 7) is 2.56. The number of methoxy groups -OCH3 is 2. The standard InChI is InChI=1S/C20H22ClNO3/c1-4-19(23)22-9-8-13-11-17(24-2)18(25-3)12-16(13)20(22)14-6-5-7-15(21)10-14/h5-7,10-12,20H,4,8-9H2,1-3H3/t20-/m0/s1. The summed E-state index contributed by atoms with van der Waals surface area (Å²) in [5.74, 6) is 1.51. The summed E-state index contributed by atoms with van der Waals surface area (Å²) in [7, 11) is 3.25. The normalized spacial score (nSPS) is 16.3. The van der Waals surface area contributed by atoms with Gasteiger partial charge in [0, 0.05) is 18.0 Å². The van der Waals surface area contributed by atoms with Crippen LogP contribution in [0.2, 0.25) is 5.02 Å². The molecule has 0 aromatic heterocycles. The van der Waals surface area contributed by atoms with Crippen LogP contribution in [0.3, 0.4) is 0 Å². The predicted molar refractivity (Wildman–Crippen MR) is 98.5 cm³/mol. The van der Waals surface area contributed by atoms with Crippen molar-refractivity contribution in [3.05, 3.63) is 58.1 Å². The van der Waals surface area contributed by atoms with Crippen molar-refractivity contribution in [1.82, 2.24) is 4.90 Å². The summed E-state index contributed by atoms with van der Waals surface area (Å²) in [6.07, 6.45) is 1.26. The summed E-state index contributed by atoms with van der Waals surface area (Å²) in [6, 6.07) is 11.5. The molecule has 3 rings (SSSR count). The van der Waals surface area contributed by atoms with E-state index in [1.54, 1.807) is 14.2 Å². The van der Waals surface area contributed by atoms with E-state index < -0.39 is 0 Å². The number of halogens is 1. The number of fused-ring (bicyclic) bond motifs is 1. The molecule has 0 radical (unpaired) electrons. The van der Waals surface area contributed by atoms with Gasteiger partial charge in [0.1, 0.15) is 0 Å². The largest absolute Gasteiger partial charge is 0.493 e. The molecule has 5 heteroatoms. The summed E-state index contributed by atoms with van der Waals surface area (Å²) in [5, 5.41) is 0.661. The Balaban J connectivity index is 2.18. The van der Waals surface area contributed by atoms with Crippen LogP contribution in [-0.4, -0.2) is 31.6 Å². The molecule has 0 spiro atoms. The molecule has 2 aromatic carbocycles. The maximum atomic E-state index is 12.6. The first kappa shape index (κ1) is 17.6. The van der Waals surface area contributed by atoms with Gasteiger partial charge < -0.3 is 14.4 Å². The van der Waals surface area contributed by atoms with E-state index in [1.807, 2.05) is 48.2 Å². The van der Waals surface area contributed by atoms with Crippen LogP contribution in [0.25, 0.3) is 0 Å². The lowest BCUT2D eigenvalue weighted by Crippen LogP contribution is -2.40. The van der Waals surface area contributed by atoms with Crippen molar-refractivity contribution in [2.75, 3.05) is 20.8 Å². The molecule has 132 valence electrons. The lowest BCUT2D eigenvalue weighted by Gasteiger charge is -2.38. The van der Waals surface area contributed by atoms with Crippen molar-refractivity contribution in [2.24, 2.45) is 0 Å². The van der Waals surface area contributed by atoms with Crippen LogP contribution in [-0.2, 0) is 11.2 Å². The molecular weight excluding hydrogens is 338 g/mol. The molecule has 0 N–H and O–H groups in total. The SMILES string of the molecule is CCC(=O)N1CCc2cc(OC)c(OC)cc2[C@@H]1c1cccc(Cl)c1. The highest BCUT2D eigenvalue weighted by atomic mass is 35.5. The average molecular weight is 360 g/mol. The Labute approximate surface area is 153 Å². The van der Waals surface area contributed by atoms with Crippen LogP contribution in [0.1, 0.15) is 36.1 Å². The van der Waals surface area contributed by atoms with Gasteiger partial charge in [-0.05, 0) is 47.4 Å². The number of hydrogen-bond donors (Lipinski definition) is 0. The molecule has 1 aliphatic heterocycles. The molecule has 0 aliphatic carbocycles. The molecule has 1 heterocycles. The number of benzene rings is 2. The molecular formula is C20H22ClNO3. The van der Waals surface area contributed by atoms with Gasteiger partial charge in [-0.3, -0.25) is 4.79 Å². The number of ether oxygens (including phenoxy) is 2.